The number of benzene rings is 3. The van der Waals surface area contributed by atoms with Gasteiger partial charge >= 0.3 is 11.9 Å². The summed E-state index contributed by atoms with van der Waals surface area (Å²) in [5, 5.41) is 2.39. The lowest BCUT2D eigenvalue weighted by atomic mass is 9.97. The van der Waals surface area contributed by atoms with Crippen molar-refractivity contribution in [2.75, 3.05) is 12.4 Å². The van der Waals surface area contributed by atoms with E-state index in [2.05, 4.69) is 39.2 Å². The van der Waals surface area contributed by atoms with Gasteiger partial charge < -0.3 is 19.2 Å². The lowest BCUT2D eigenvalue weighted by Crippen LogP contribution is -2.71. The number of thioether (sulfide) groups is 1. The highest BCUT2D eigenvalue weighted by atomic mass is 32.2. The molecule has 270 valence electrons. The smallest absolute Gasteiger partial charge is 0.356 e. The minimum Gasteiger partial charge on any atom is -0.458 e. The molecule has 2 aliphatic heterocycles. The number of nitrogens with one attached hydrogen (secondary N) is 1. The summed E-state index contributed by atoms with van der Waals surface area (Å²) in [6.45, 7) is 12.7. The third-order valence-electron chi connectivity index (χ3n) is 9.72. The maximum atomic E-state index is 14.5. The second-order valence-electron chi connectivity index (χ2n) is 14.4. The topological polar surface area (TPSA) is 111 Å². The van der Waals surface area contributed by atoms with Crippen molar-refractivity contribution in [1.82, 2.24) is 10.2 Å². The Morgan fingerprint density at radius 3 is 2.02 bits per heavy atom. The molecule has 11 heteroatoms. The van der Waals surface area contributed by atoms with Crippen molar-refractivity contribution in [3.8, 4) is 0 Å². The first-order chi connectivity index (χ1) is 24.3. The van der Waals surface area contributed by atoms with Crippen molar-refractivity contribution in [3.63, 3.8) is 0 Å². The first-order valence-electron chi connectivity index (χ1n) is 17.4. The third kappa shape index (κ3) is 9.19. The summed E-state index contributed by atoms with van der Waals surface area (Å²) >= 11 is 1.43. The predicted molar refractivity (Wildman–Crippen MR) is 201 cm³/mol. The standard InChI is InChI=1S/C40H48N2O7SSi/c1-27(43)48-32(23-16-24-47-51(5,6)40(2,3)4)31-26-50-38-34(41-33(44)25-28-17-10-7-11-18-28)37(45)42(38)35(31)39(46)49-36(29-19-12-8-13-20-29)30-21-14-9-15-22-30/h7-15,17-22,32,34,36,38H,16,23-26H2,1-6H3,(H,41,44)/t32?,34-,38-/m1/s1. The number of carbonyl (C=O) groups is 4. The van der Waals surface area contributed by atoms with Crippen LogP contribution in [0, 0.1) is 0 Å². The molecule has 1 fully saturated rings. The van der Waals surface area contributed by atoms with E-state index in [0.29, 0.717) is 30.8 Å². The van der Waals surface area contributed by atoms with Crippen LogP contribution in [0.25, 0.3) is 0 Å². The summed E-state index contributed by atoms with van der Waals surface area (Å²) in [6, 6.07) is 27.3. The molecule has 0 saturated carbocycles. The second-order valence-corrected chi connectivity index (χ2v) is 20.4. The van der Waals surface area contributed by atoms with Gasteiger partial charge in [-0.05, 0) is 47.7 Å². The Morgan fingerprint density at radius 2 is 1.47 bits per heavy atom. The lowest BCUT2D eigenvalue weighted by Gasteiger charge is -2.50. The molecule has 0 aliphatic carbocycles. The largest absolute Gasteiger partial charge is 0.458 e. The van der Waals surface area contributed by atoms with E-state index >= 15 is 0 Å². The molecule has 9 nitrogen and oxygen atoms in total. The Bertz CT molecular complexity index is 1690. The summed E-state index contributed by atoms with van der Waals surface area (Å²) in [4.78, 5) is 55.3. The van der Waals surface area contributed by atoms with Gasteiger partial charge in [0.1, 0.15) is 23.2 Å². The zero-order chi connectivity index (χ0) is 36.8. The number of nitrogens with zero attached hydrogens (tertiary/aromatic N) is 1. The van der Waals surface area contributed by atoms with Crippen LogP contribution in [0.2, 0.25) is 18.1 Å². The molecule has 2 aliphatic rings. The molecule has 3 aromatic rings. The Kier molecular flexibility index (Phi) is 12.3. The van der Waals surface area contributed by atoms with E-state index in [1.807, 2.05) is 91.0 Å². The van der Waals surface area contributed by atoms with Crippen molar-refractivity contribution < 1.29 is 33.1 Å². The minimum absolute atomic E-state index is 0.0374. The monoisotopic (exact) mass is 728 g/mol. The van der Waals surface area contributed by atoms with Crippen LogP contribution in [-0.4, -0.2) is 66.8 Å². The van der Waals surface area contributed by atoms with Crippen LogP contribution in [0.15, 0.2) is 102 Å². The van der Waals surface area contributed by atoms with Crippen molar-refractivity contribution >= 4 is 43.8 Å². The fourth-order valence-electron chi connectivity index (χ4n) is 5.95. The zero-order valence-corrected chi connectivity index (χ0v) is 32.0. The first-order valence-corrected chi connectivity index (χ1v) is 21.4. The number of hydrogen-bond donors (Lipinski definition) is 1. The average molecular weight is 729 g/mol. The highest BCUT2D eigenvalue weighted by molar-refractivity contribution is 8.00. The van der Waals surface area contributed by atoms with Gasteiger partial charge in [0.15, 0.2) is 14.4 Å². The molecule has 1 N–H and O–H groups in total. The van der Waals surface area contributed by atoms with E-state index in [9.17, 15) is 19.2 Å². The lowest BCUT2D eigenvalue weighted by molar-refractivity contribution is -0.155. The number of amides is 2. The van der Waals surface area contributed by atoms with Crippen molar-refractivity contribution in [2.24, 2.45) is 0 Å². The average Bonchev–Trinajstić information content (AvgIpc) is 3.10. The second kappa shape index (κ2) is 16.4. The van der Waals surface area contributed by atoms with E-state index in [1.54, 1.807) is 0 Å². The van der Waals surface area contributed by atoms with E-state index < -0.39 is 49.8 Å². The Hall–Kier alpha value is -4.19. The van der Waals surface area contributed by atoms with Crippen molar-refractivity contribution in [1.29, 1.82) is 0 Å². The Morgan fingerprint density at radius 1 is 0.902 bits per heavy atom. The summed E-state index contributed by atoms with van der Waals surface area (Å²) in [5.41, 5.74) is 2.93. The zero-order valence-electron chi connectivity index (χ0n) is 30.2. The quantitative estimate of drug-likeness (QED) is 0.0822. The Labute approximate surface area is 306 Å². The van der Waals surface area contributed by atoms with Gasteiger partial charge in [-0.25, -0.2) is 4.79 Å². The number of carbonyl (C=O) groups excluding carboxylic acids is 4. The van der Waals surface area contributed by atoms with Crippen LogP contribution < -0.4 is 5.32 Å². The number of rotatable bonds is 14. The third-order valence-corrected chi connectivity index (χ3v) is 15.6. The van der Waals surface area contributed by atoms with Gasteiger partial charge in [-0.3, -0.25) is 19.3 Å². The molecule has 1 saturated heterocycles. The van der Waals surface area contributed by atoms with E-state index in [4.69, 9.17) is 13.9 Å². The van der Waals surface area contributed by atoms with Crippen LogP contribution in [0.4, 0.5) is 0 Å². The van der Waals surface area contributed by atoms with E-state index in [0.717, 1.165) is 16.7 Å². The summed E-state index contributed by atoms with van der Waals surface area (Å²) in [6.07, 6.45) is -0.449. The highest BCUT2D eigenvalue weighted by Crippen LogP contribution is 2.44. The van der Waals surface area contributed by atoms with E-state index in [1.165, 1.54) is 23.6 Å². The van der Waals surface area contributed by atoms with Gasteiger partial charge in [0, 0.05) is 24.9 Å². The highest BCUT2D eigenvalue weighted by Gasteiger charge is 2.55. The fourth-order valence-corrected chi connectivity index (χ4v) is 8.44. The SMILES string of the molecule is CC(=O)OC(CCCO[Si](C)(C)C(C)(C)C)C1=C(C(=O)OC(c2ccccc2)c2ccccc2)N2C(=O)[C@@H](NC(=O)Cc3ccccc3)[C@H]2SC1. The number of β-lactam (4-membered cyclic amide) rings is 1. The van der Waals surface area contributed by atoms with Crippen LogP contribution in [-0.2, 0) is 39.5 Å². The Balaban J connectivity index is 1.45. The van der Waals surface area contributed by atoms with Gasteiger partial charge in [0.05, 0.1) is 6.42 Å². The minimum atomic E-state index is -2.01. The van der Waals surface area contributed by atoms with Gasteiger partial charge in [-0.2, -0.15) is 0 Å². The van der Waals surface area contributed by atoms with Gasteiger partial charge in [-0.1, -0.05) is 112 Å². The summed E-state index contributed by atoms with van der Waals surface area (Å²) < 4.78 is 18.6. The molecular weight excluding hydrogens is 681 g/mol. The molecule has 0 aromatic heterocycles. The van der Waals surface area contributed by atoms with Crippen LogP contribution in [0.3, 0.4) is 0 Å². The molecule has 0 bridgehead atoms. The van der Waals surface area contributed by atoms with Crippen molar-refractivity contribution in [3.05, 3.63) is 119 Å². The molecule has 1 unspecified atom stereocenters. The van der Waals surface area contributed by atoms with Gasteiger partial charge in [0.2, 0.25) is 5.91 Å². The van der Waals surface area contributed by atoms with E-state index in [-0.39, 0.29) is 23.1 Å². The van der Waals surface area contributed by atoms with Crippen molar-refractivity contribution in [2.45, 2.75) is 88.7 Å². The molecule has 51 heavy (non-hydrogen) atoms. The normalized spacial score (nSPS) is 18.1. The molecule has 2 amide bonds. The summed E-state index contributed by atoms with van der Waals surface area (Å²) in [7, 11) is -2.01. The molecular formula is C40H48N2O7SSi. The number of ether oxygens (including phenoxy) is 2. The summed E-state index contributed by atoms with van der Waals surface area (Å²) in [5.74, 6) is -1.61. The van der Waals surface area contributed by atoms with Crippen LogP contribution >= 0.6 is 11.8 Å². The molecule has 0 radical (unpaired) electrons. The maximum absolute atomic E-state index is 14.5. The predicted octanol–water partition coefficient (Wildman–Crippen LogP) is 6.95. The number of fused-ring (bicyclic) bond motifs is 1. The van der Waals surface area contributed by atoms with Crippen LogP contribution in [0.1, 0.15) is 63.3 Å². The molecule has 0 spiro atoms. The number of hydrogen-bond acceptors (Lipinski definition) is 8. The fraction of sp³-hybridized carbons (Fsp3) is 0.400. The van der Waals surface area contributed by atoms with Gasteiger partial charge in [0.25, 0.3) is 5.91 Å². The first kappa shape index (κ1) is 38.0. The number of esters is 2. The van der Waals surface area contributed by atoms with Gasteiger partial charge in [-0.15, -0.1) is 11.8 Å². The van der Waals surface area contributed by atoms with Crippen LogP contribution in [0.5, 0.6) is 0 Å². The maximum Gasteiger partial charge on any atom is 0.356 e. The molecule has 2 heterocycles. The molecule has 3 aromatic carbocycles. The molecule has 5 rings (SSSR count). The molecule has 3 atom stereocenters.